The van der Waals surface area contributed by atoms with Crippen molar-refractivity contribution in [2.24, 2.45) is 5.73 Å². The first-order valence-corrected chi connectivity index (χ1v) is 7.79. The number of nitrogens with two attached hydrogens (primary N) is 1. The molecule has 6 nitrogen and oxygen atoms in total. The predicted octanol–water partition coefficient (Wildman–Crippen LogP) is 0.570. The zero-order valence-electron chi connectivity index (χ0n) is 11.5. The first kappa shape index (κ1) is 15.4. The van der Waals surface area contributed by atoms with E-state index in [-0.39, 0.29) is 12.0 Å². The number of thiazole rings is 1. The molecule has 1 aromatic heterocycles. The molecule has 1 fully saturated rings. The molecule has 1 amide bonds. The van der Waals surface area contributed by atoms with Gasteiger partial charge in [0.05, 0.1) is 17.7 Å². The van der Waals surface area contributed by atoms with E-state index in [9.17, 15) is 4.79 Å². The molecule has 112 valence electrons. The van der Waals surface area contributed by atoms with Gasteiger partial charge in [0.15, 0.2) is 0 Å². The Labute approximate surface area is 122 Å². The van der Waals surface area contributed by atoms with Crippen molar-refractivity contribution in [1.82, 2.24) is 10.3 Å². The Morgan fingerprint density at radius 3 is 3.30 bits per heavy atom. The maximum Gasteiger partial charge on any atom is 0.270 e. The maximum absolute atomic E-state index is 11.8. The summed E-state index contributed by atoms with van der Waals surface area (Å²) in [7, 11) is 0. The third-order valence-electron chi connectivity index (χ3n) is 2.99. The zero-order valence-corrected chi connectivity index (χ0v) is 12.3. The van der Waals surface area contributed by atoms with Gasteiger partial charge < -0.3 is 20.5 Å². The molecule has 0 spiro atoms. The highest BCUT2D eigenvalue weighted by atomic mass is 32.1. The number of hydrogen-bond acceptors (Lipinski definition) is 6. The third kappa shape index (κ3) is 4.82. The van der Waals surface area contributed by atoms with Crippen molar-refractivity contribution in [3.8, 4) is 0 Å². The normalized spacial score (nSPS) is 18.4. The molecule has 1 aromatic rings. The van der Waals surface area contributed by atoms with Gasteiger partial charge in [-0.25, -0.2) is 4.98 Å². The molecule has 0 saturated carbocycles. The van der Waals surface area contributed by atoms with E-state index in [4.69, 9.17) is 15.2 Å². The van der Waals surface area contributed by atoms with Gasteiger partial charge in [-0.05, 0) is 19.4 Å². The highest BCUT2D eigenvalue weighted by Gasteiger charge is 2.15. The quantitative estimate of drug-likeness (QED) is 0.685. The molecule has 0 radical (unpaired) electrons. The summed E-state index contributed by atoms with van der Waals surface area (Å²) >= 11 is 1.47. The van der Waals surface area contributed by atoms with Crippen LogP contribution >= 0.6 is 11.3 Å². The van der Waals surface area contributed by atoms with Crippen molar-refractivity contribution in [3.05, 3.63) is 16.1 Å². The van der Waals surface area contributed by atoms with Gasteiger partial charge >= 0.3 is 0 Å². The number of carbonyl (C=O) groups is 1. The summed E-state index contributed by atoms with van der Waals surface area (Å²) in [6, 6.07) is 0. The second-order valence-electron chi connectivity index (χ2n) is 4.63. The average molecular weight is 299 g/mol. The van der Waals surface area contributed by atoms with E-state index in [1.165, 1.54) is 11.3 Å². The summed E-state index contributed by atoms with van der Waals surface area (Å²) in [5.74, 6) is -0.131. The van der Waals surface area contributed by atoms with Crippen molar-refractivity contribution < 1.29 is 14.3 Å². The van der Waals surface area contributed by atoms with E-state index in [0.717, 1.165) is 30.9 Å². The minimum absolute atomic E-state index is 0.131. The number of ether oxygens (including phenoxy) is 2. The Balaban J connectivity index is 1.59. The number of carbonyl (C=O) groups excluding carboxylic acids is 1. The molecule has 1 atom stereocenters. The highest BCUT2D eigenvalue weighted by Crippen LogP contribution is 2.10. The monoisotopic (exact) mass is 299 g/mol. The van der Waals surface area contributed by atoms with E-state index in [1.54, 1.807) is 5.38 Å². The summed E-state index contributed by atoms with van der Waals surface area (Å²) in [6.07, 6.45) is 2.70. The minimum Gasteiger partial charge on any atom is -0.379 e. The van der Waals surface area contributed by atoms with Gasteiger partial charge in [-0.2, -0.15) is 0 Å². The van der Waals surface area contributed by atoms with Gasteiger partial charge in [0, 0.05) is 31.6 Å². The topological polar surface area (TPSA) is 86.5 Å². The SMILES string of the molecule is NCCc1nc(C(=O)NCCCOC2CCOC2)cs1. The predicted molar refractivity (Wildman–Crippen MR) is 77.0 cm³/mol. The van der Waals surface area contributed by atoms with Crippen LogP contribution in [0.3, 0.4) is 0 Å². The minimum atomic E-state index is -0.131. The van der Waals surface area contributed by atoms with Crippen LogP contribution in [0, 0.1) is 0 Å². The highest BCUT2D eigenvalue weighted by molar-refractivity contribution is 7.09. The lowest BCUT2D eigenvalue weighted by molar-refractivity contribution is 0.0415. The largest absolute Gasteiger partial charge is 0.379 e. The Kier molecular flexibility index (Phi) is 6.38. The molecule has 7 heteroatoms. The van der Waals surface area contributed by atoms with Crippen molar-refractivity contribution in [2.45, 2.75) is 25.4 Å². The van der Waals surface area contributed by atoms with Crippen LogP contribution in [0.1, 0.15) is 28.3 Å². The van der Waals surface area contributed by atoms with Gasteiger partial charge in [-0.1, -0.05) is 0 Å². The summed E-state index contributed by atoms with van der Waals surface area (Å²) in [5, 5.41) is 5.52. The van der Waals surface area contributed by atoms with E-state index in [0.29, 0.717) is 32.0 Å². The summed E-state index contributed by atoms with van der Waals surface area (Å²) in [6.45, 7) is 3.27. The Bertz CT molecular complexity index is 419. The van der Waals surface area contributed by atoms with E-state index in [2.05, 4.69) is 10.3 Å². The molecular formula is C13H21N3O3S. The molecule has 0 bridgehead atoms. The molecule has 1 aliphatic heterocycles. The molecule has 1 saturated heterocycles. The van der Waals surface area contributed by atoms with Crippen LogP contribution < -0.4 is 11.1 Å². The molecule has 0 aliphatic carbocycles. The smallest absolute Gasteiger partial charge is 0.270 e. The fraction of sp³-hybridized carbons (Fsp3) is 0.692. The lowest BCUT2D eigenvalue weighted by Crippen LogP contribution is -2.26. The second-order valence-corrected chi connectivity index (χ2v) is 5.57. The van der Waals surface area contributed by atoms with E-state index < -0.39 is 0 Å². The summed E-state index contributed by atoms with van der Waals surface area (Å²) < 4.78 is 10.8. The first-order valence-electron chi connectivity index (χ1n) is 6.91. The summed E-state index contributed by atoms with van der Waals surface area (Å²) in [5.41, 5.74) is 5.93. The molecule has 0 aromatic carbocycles. The average Bonchev–Trinajstić information content (AvgIpc) is 3.10. The molecule has 1 unspecified atom stereocenters. The zero-order chi connectivity index (χ0) is 14.2. The van der Waals surface area contributed by atoms with Crippen LogP contribution in [0.15, 0.2) is 5.38 Å². The molecular weight excluding hydrogens is 278 g/mol. The van der Waals surface area contributed by atoms with Crippen molar-refractivity contribution in [1.29, 1.82) is 0 Å². The summed E-state index contributed by atoms with van der Waals surface area (Å²) in [4.78, 5) is 16.1. The number of aromatic nitrogens is 1. The van der Waals surface area contributed by atoms with Crippen LogP contribution in [0.4, 0.5) is 0 Å². The van der Waals surface area contributed by atoms with Crippen LogP contribution in [0.25, 0.3) is 0 Å². The van der Waals surface area contributed by atoms with Crippen LogP contribution in [-0.4, -0.2) is 49.9 Å². The molecule has 2 rings (SSSR count). The van der Waals surface area contributed by atoms with E-state index in [1.807, 2.05) is 0 Å². The Morgan fingerprint density at radius 1 is 1.65 bits per heavy atom. The third-order valence-corrected chi connectivity index (χ3v) is 3.90. The molecule has 1 aliphatic rings. The van der Waals surface area contributed by atoms with Crippen molar-refractivity contribution >= 4 is 17.2 Å². The van der Waals surface area contributed by atoms with Gasteiger partial charge in [0.2, 0.25) is 0 Å². The van der Waals surface area contributed by atoms with Gasteiger partial charge in [0.25, 0.3) is 5.91 Å². The van der Waals surface area contributed by atoms with Crippen LogP contribution in [-0.2, 0) is 15.9 Å². The second kappa shape index (κ2) is 8.31. The Hall–Kier alpha value is -1.02. The van der Waals surface area contributed by atoms with E-state index >= 15 is 0 Å². The lowest BCUT2D eigenvalue weighted by atomic mass is 10.3. The van der Waals surface area contributed by atoms with Crippen LogP contribution in [0.2, 0.25) is 0 Å². The number of hydrogen-bond donors (Lipinski definition) is 2. The van der Waals surface area contributed by atoms with Crippen molar-refractivity contribution in [2.75, 3.05) is 32.9 Å². The first-order chi connectivity index (χ1) is 9.79. The lowest BCUT2D eigenvalue weighted by Gasteiger charge is -2.09. The Morgan fingerprint density at radius 2 is 2.55 bits per heavy atom. The van der Waals surface area contributed by atoms with Gasteiger partial charge in [-0.3, -0.25) is 4.79 Å². The fourth-order valence-electron chi connectivity index (χ4n) is 1.91. The van der Waals surface area contributed by atoms with Crippen LogP contribution in [0.5, 0.6) is 0 Å². The number of rotatable bonds is 8. The number of nitrogens with one attached hydrogen (secondary N) is 1. The maximum atomic E-state index is 11.8. The standard InChI is InChI=1S/C13H21N3O3S/c14-4-2-12-16-11(9-20-12)13(17)15-5-1-6-19-10-3-7-18-8-10/h9-10H,1-8,14H2,(H,15,17). The van der Waals surface area contributed by atoms with Crippen molar-refractivity contribution in [3.63, 3.8) is 0 Å². The van der Waals surface area contributed by atoms with Gasteiger partial charge in [0.1, 0.15) is 5.69 Å². The number of nitrogens with zero attached hydrogens (tertiary/aromatic N) is 1. The molecule has 20 heavy (non-hydrogen) atoms. The number of amides is 1. The molecule has 3 N–H and O–H groups in total. The van der Waals surface area contributed by atoms with Gasteiger partial charge in [-0.15, -0.1) is 11.3 Å². The fourth-order valence-corrected chi connectivity index (χ4v) is 2.71. The molecule has 2 heterocycles.